The molecule has 0 atom stereocenters. The van der Waals surface area contributed by atoms with Gasteiger partial charge >= 0.3 is 0 Å². The number of rotatable bonds is 4. The fraction of sp³-hybridized carbons (Fsp3) is 0.294. The normalized spacial score (nSPS) is 14.2. The van der Waals surface area contributed by atoms with Crippen LogP contribution in [0, 0.1) is 0 Å². The Morgan fingerprint density at radius 1 is 0.900 bits per heavy atom. The Labute approximate surface area is 128 Å². The third-order valence-corrected chi connectivity index (χ3v) is 6.85. The van der Waals surface area contributed by atoms with Crippen molar-refractivity contribution in [2.24, 2.45) is 0 Å². The predicted molar refractivity (Wildman–Crippen MR) is 86.4 cm³/mol. The van der Waals surface area contributed by atoms with Crippen LogP contribution in [0.3, 0.4) is 0 Å². The molecule has 1 aliphatic rings. The molecule has 1 heterocycles. The molecule has 0 amide bonds. The fourth-order valence-electron chi connectivity index (χ4n) is 2.28. The molecule has 1 aliphatic heterocycles. The predicted octanol–water partition coefficient (Wildman–Crippen LogP) is 5.31. The van der Waals surface area contributed by atoms with Crippen LogP contribution in [0.2, 0.25) is 0 Å². The van der Waals surface area contributed by atoms with E-state index in [1.807, 2.05) is 11.8 Å². The van der Waals surface area contributed by atoms with Crippen molar-refractivity contribution in [3.05, 3.63) is 48.5 Å². The fourth-order valence-corrected chi connectivity index (χ4v) is 5.74. The third kappa shape index (κ3) is 2.62. The van der Waals surface area contributed by atoms with Gasteiger partial charge in [-0.25, -0.2) is 0 Å². The molecule has 0 unspecified atom stereocenters. The molecule has 0 N–H and O–H groups in total. The van der Waals surface area contributed by atoms with Crippen LogP contribution in [0.15, 0.2) is 68.1 Å². The molecule has 1 nitrogen and oxygen atoms in total. The summed E-state index contributed by atoms with van der Waals surface area (Å²) in [6.45, 7) is 4.40. The van der Waals surface area contributed by atoms with E-state index in [2.05, 4.69) is 62.4 Å². The zero-order valence-electron chi connectivity index (χ0n) is 11.8. The van der Waals surface area contributed by atoms with E-state index in [-0.39, 0.29) is 11.2 Å². The Kier molecular flexibility index (Phi) is 4.39. The van der Waals surface area contributed by atoms with Crippen molar-refractivity contribution < 1.29 is 4.18 Å². The molecule has 104 valence electrons. The van der Waals surface area contributed by atoms with Gasteiger partial charge in [-0.05, 0) is 37.1 Å². The number of fused-ring (bicyclic) bond motifs is 2. The van der Waals surface area contributed by atoms with Crippen molar-refractivity contribution in [1.29, 1.82) is 0 Å². The SMILES string of the molecule is CCC(CC)O[S+]1c2ccccc2Sc2ccccc21. The monoisotopic (exact) mass is 303 g/mol. The van der Waals surface area contributed by atoms with E-state index in [0.29, 0.717) is 6.10 Å². The lowest BCUT2D eigenvalue weighted by atomic mass is 10.2. The molecule has 0 spiro atoms. The van der Waals surface area contributed by atoms with Crippen molar-refractivity contribution in [3.8, 4) is 0 Å². The summed E-state index contributed by atoms with van der Waals surface area (Å²) in [6, 6.07) is 17.3. The second kappa shape index (κ2) is 6.25. The average molecular weight is 303 g/mol. The van der Waals surface area contributed by atoms with Gasteiger partial charge in [-0.1, -0.05) is 49.9 Å². The average Bonchev–Trinajstić information content (AvgIpc) is 2.51. The summed E-state index contributed by atoms with van der Waals surface area (Å²) < 4.78 is 6.46. The summed E-state index contributed by atoms with van der Waals surface area (Å²) in [5, 5.41) is 0. The van der Waals surface area contributed by atoms with E-state index in [0.717, 1.165) is 12.8 Å². The molecule has 0 aliphatic carbocycles. The molecule has 0 bridgehead atoms. The second-order valence-electron chi connectivity index (χ2n) is 4.80. The molecule has 3 rings (SSSR count). The van der Waals surface area contributed by atoms with Crippen molar-refractivity contribution in [2.75, 3.05) is 0 Å². The summed E-state index contributed by atoms with van der Waals surface area (Å²) in [5.74, 6) is 0. The van der Waals surface area contributed by atoms with Gasteiger partial charge in [0.05, 0.1) is 9.79 Å². The van der Waals surface area contributed by atoms with E-state index in [1.165, 1.54) is 19.6 Å². The first-order valence-corrected chi connectivity index (χ1v) is 9.07. The van der Waals surface area contributed by atoms with Gasteiger partial charge in [-0.2, -0.15) is 4.18 Å². The first kappa shape index (κ1) is 14.1. The highest BCUT2D eigenvalue weighted by atomic mass is 32.2. The van der Waals surface area contributed by atoms with Gasteiger partial charge in [0, 0.05) is 0 Å². The molecule has 2 aromatic rings. The zero-order valence-corrected chi connectivity index (χ0v) is 13.5. The van der Waals surface area contributed by atoms with E-state index >= 15 is 0 Å². The molecule has 0 saturated heterocycles. The lowest BCUT2D eigenvalue weighted by Crippen LogP contribution is -2.20. The van der Waals surface area contributed by atoms with Gasteiger partial charge in [0.2, 0.25) is 21.0 Å². The maximum atomic E-state index is 6.46. The van der Waals surface area contributed by atoms with Crippen LogP contribution in [0.5, 0.6) is 0 Å². The van der Waals surface area contributed by atoms with E-state index in [1.54, 1.807) is 0 Å². The summed E-state index contributed by atoms with van der Waals surface area (Å²) in [7, 11) is 0. The Morgan fingerprint density at radius 2 is 1.40 bits per heavy atom. The Morgan fingerprint density at radius 3 is 1.90 bits per heavy atom. The first-order chi connectivity index (χ1) is 9.83. The van der Waals surface area contributed by atoms with Crippen molar-refractivity contribution in [1.82, 2.24) is 0 Å². The number of hydrogen-bond acceptors (Lipinski definition) is 2. The number of benzene rings is 2. The lowest BCUT2D eigenvalue weighted by molar-refractivity contribution is 0.221. The maximum Gasteiger partial charge on any atom is 0.225 e. The van der Waals surface area contributed by atoms with Gasteiger partial charge in [0.1, 0.15) is 6.10 Å². The third-order valence-electron chi connectivity index (χ3n) is 3.46. The van der Waals surface area contributed by atoms with Crippen LogP contribution in [-0.2, 0) is 15.4 Å². The molecule has 2 aromatic carbocycles. The first-order valence-electron chi connectivity index (χ1n) is 7.10. The van der Waals surface area contributed by atoms with Crippen molar-refractivity contribution >= 4 is 22.9 Å². The molecule has 20 heavy (non-hydrogen) atoms. The second-order valence-corrected chi connectivity index (χ2v) is 7.49. The van der Waals surface area contributed by atoms with Gasteiger partial charge in [-0.15, -0.1) is 0 Å². The highest BCUT2D eigenvalue weighted by Gasteiger charge is 2.39. The van der Waals surface area contributed by atoms with Gasteiger partial charge < -0.3 is 0 Å². The van der Waals surface area contributed by atoms with Gasteiger partial charge in [0.15, 0.2) is 0 Å². The standard InChI is InChI=1S/C17H19OS2/c1-3-13(4-2)18-20-16-11-7-5-9-14(16)19-15-10-6-8-12-17(15)20/h5-13H,3-4H2,1-2H3/q+1. The number of hydrogen-bond donors (Lipinski definition) is 0. The Bertz CT molecular complexity index is 548. The molecule has 0 radical (unpaired) electrons. The quantitative estimate of drug-likeness (QED) is 0.708. The molecular weight excluding hydrogens is 284 g/mol. The minimum atomic E-state index is -0.245. The minimum Gasteiger partial charge on any atom is -0.158 e. The maximum absolute atomic E-state index is 6.46. The van der Waals surface area contributed by atoms with E-state index in [9.17, 15) is 0 Å². The summed E-state index contributed by atoms with van der Waals surface area (Å²) in [6.07, 6.45) is 2.47. The molecule has 0 saturated carbocycles. The van der Waals surface area contributed by atoms with Crippen LogP contribution >= 0.6 is 11.8 Å². The van der Waals surface area contributed by atoms with Crippen LogP contribution in [0.1, 0.15) is 26.7 Å². The summed E-state index contributed by atoms with van der Waals surface area (Å²) in [5.41, 5.74) is 0. The van der Waals surface area contributed by atoms with Crippen LogP contribution in [0.25, 0.3) is 0 Å². The minimum absolute atomic E-state index is 0.245. The Balaban J connectivity index is 2.03. The molecule has 0 fully saturated rings. The van der Waals surface area contributed by atoms with E-state index < -0.39 is 0 Å². The highest BCUT2D eigenvalue weighted by molar-refractivity contribution is 8.02. The lowest BCUT2D eigenvalue weighted by Gasteiger charge is -2.19. The summed E-state index contributed by atoms with van der Waals surface area (Å²) >= 11 is 1.61. The highest BCUT2D eigenvalue weighted by Crippen LogP contribution is 2.46. The summed E-state index contributed by atoms with van der Waals surface area (Å²) in [4.78, 5) is 5.34. The van der Waals surface area contributed by atoms with Gasteiger partial charge in [-0.3, -0.25) is 0 Å². The topological polar surface area (TPSA) is 9.23 Å². The molecule has 0 aromatic heterocycles. The molecule has 3 heteroatoms. The van der Waals surface area contributed by atoms with Crippen LogP contribution < -0.4 is 0 Å². The Hall–Kier alpha value is -0.900. The van der Waals surface area contributed by atoms with Crippen molar-refractivity contribution in [2.45, 2.75) is 52.4 Å². The smallest absolute Gasteiger partial charge is 0.158 e. The van der Waals surface area contributed by atoms with Gasteiger partial charge in [0.25, 0.3) is 0 Å². The van der Waals surface area contributed by atoms with Crippen LogP contribution in [0.4, 0.5) is 0 Å². The van der Waals surface area contributed by atoms with E-state index in [4.69, 9.17) is 4.18 Å². The molecular formula is C17H19OS2+. The van der Waals surface area contributed by atoms with Crippen molar-refractivity contribution in [3.63, 3.8) is 0 Å². The van der Waals surface area contributed by atoms with Crippen LogP contribution in [-0.4, -0.2) is 6.10 Å². The largest absolute Gasteiger partial charge is 0.225 e. The zero-order chi connectivity index (χ0) is 13.9.